The first kappa shape index (κ1) is 14.7. The van der Waals surface area contributed by atoms with E-state index in [0.29, 0.717) is 5.92 Å². The Morgan fingerprint density at radius 2 is 2.00 bits per heavy atom. The predicted molar refractivity (Wildman–Crippen MR) is 89.9 cm³/mol. The summed E-state index contributed by atoms with van der Waals surface area (Å²) >= 11 is 1.90. The molecule has 3 heteroatoms. The summed E-state index contributed by atoms with van der Waals surface area (Å²) in [6.45, 7) is 7.49. The first-order valence-electron chi connectivity index (χ1n) is 7.79. The van der Waals surface area contributed by atoms with Gasteiger partial charge in [-0.3, -0.25) is 0 Å². The van der Waals surface area contributed by atoms with Gasteiger partial charge >= 0.3 is 0 Å². The summed E-state index contributed by atoms with van der Waals surface area (Å²) in [6.07, 6.45) is 3.51. The first-order valence-corrected chi connectivity index (χ1v) is 8.60. The number of benzene rings is 1. The highest BCUT2D eigenvalue weighted by molar-refractivity contribution is 7.11. The van der Waals surface area contributed by atoms with E-state index in [1.807, 2.05) is 11.3 Å². The zero-order valence-corrected chi connectivity index (χ0v) is 14.0. The largest absolute Gasteiger partial charge is 0.306 e. The van der Waals surface area contributed by atoms with Gasteiger partial charge in [0.15, 0.2) is 0 Å². The summed E-state index contributed by atoms with van der Waals surface area (Å²) in [6, 6.07) is 10.9. The quantitative estimate of drug-likeness (QED) is 0.914. The summed E-state index contributed by atoms with van der Waals surface area (Å²) in [7, 11) is 0. The van der Waals surface area contributed by atoms with E-state index in [0.717, 1.165) is 19.4 Å². The summed E-state index contributed by atoms with van der Waals surface area (Å²) in [5.41, 5.74) is 2.97. The molecule has 0 aliphatic heterocycles. The van der Waals surface area contributed by atoms with Crippen LogP contribution in [0, 0.1) is 0 Å². The van der Waals surface area contributed by atoms with Crippen molar-refractivity contribution < 1.29 is 0 Å². The van der Waals surface area contributed by atoms with Gasteiger partial charge in [-0.15, -0.1) is 11.3 Å². The maximum Gasteiger partial charge on any atom is 0.107 e. The van der Waals surface area contributed by atoms with Gasteiger partial charge in [0.1, 0.15) is 5.01 Å². The monoisotopic (exact) mass is 300 g/mol. The van der Waals surface area contributed by atoms with Crippen molar-refractivity contribution >= 4 is 11.3 Å². The van der Waals surface area contributed by atoms with Crippen LogP contribution in [-0.2, 0) is 19.4 Å². The van der Waals surface area contributed by atoms with Crippen LogP contribution in [0.25, 0.3) is 0 Å². The third-order valence-corrected chi connectivity index (χ3v) is 5.14. The summed E-state index contributed by atoms with van der Waals surface area (Å²) in [5.74, 6) is 0.669. The number of aromatic nitrogens is 1. The van der Waals surface area contributed by atoms with Gasteiger partial charge in [0, 0.05) is 17.0 Å². The fourth-order valence-electron chi connectivity index (χ4n) is 2.85. The van der Waals surface area contributed by atoms with Crippen molar-refractivity contribution in [3.8, 4) is 0 Å². The van der Waals surface area contributed by atoms with E-state index < -0.39 is 0 Å². The molecule has 21 heavy (non-hydrogen) atoms. The summed E-state index contributed by atoms with van der Waals surface area (Å²) < 4.78 is 0. The standard InChI is InChI=1S/C18H24N2S/c1-18(2,3)19-12-17-20-15-10-9-14(11-16(15)21-17)13-7-5-4-6-8-13/h4-8,14,19H,9-12H2,1-3H3. The number of hydrogen-bond acceptors (Lipinski definition) is 3. The van der Waals surface area contributed by atoms with Crippen LogP contribution in [-0.4, -0.2) is 10.5 Å². The number of thiazole rings is 1. The maximum absolute atomic E-state index is 4.84. The van der Waals surface area contributed by atoms with E-state index in [-0.39, 0.29) is 5.54 Å². The van der Waals surface area contributed by atoms with E-state index in [9.17, 15) is 0 Å². The van der Waals surface area contributed by atoms with Gasteiger partial charge < -0.3 is 5.32 Å². The minimum Gasteiger partial charge on any atom is -0.306 e. The van der Waals surface area contributed by atoms with Crippen LogP contribution in [0.3, 0.4) is 0 Å². The van der Waals surface area contributed by atoms with Crippen molar-refractivity contribution in [1.29, 1.82) is 0 Å². The van der Waals surface area contributed by atoms with Gasteiger partial charge in [0.25, 0.3) is 0 Å². The van der Waals surface area contributed by atoms with Crippen LogP contribution >= 0.6 is 11.3 Å². The molecule has 1 unspecified atom stereocenters. The Bertz CT molecular complexity index is 595. The van der Waals surface area contributed by atoms with Gasteiger partial charge in [0.2, 0.25) is 0 Å². The van der Waals surface area contributed by atoms with Crippen LogP contribution in [0.2, 0.25) is 0 Å². The number of nitrogens with one attached hydrogen (secondary N) is 1. The molecule has 0 radical (unpaired) electrons. The molecule has 0 saturated carbocycles. The molecule has 2 aromatic rings. The van der Waals surface area contributed by atoms with Crippen molar-refractivity contribution in [2.75, 3.05) is 0 Å². The second-order valence-electron chi connectivity index (χ2n) is 6.93. The molecule has 112 valence electrons. The zero-order valence-electron chi connectivity index (χ0n) is 13.1. The molecule has 0 amide bonds. The molecule has 3 rings (SSSR count). The Hall–Kier alpha value is -1.19. The zero-order chi connectivity index (χ0) is 14.9. The van der Waals surface area contributed by atoms with E-state index >= 15 is 0 Å². The normalized spacial score (nSPS) is 18.5. The van der Waals surface area contributed by atoms with Crippen LogP contribution in [0.1, 0.15) is 54.3 Å². The number of hydrogen-bond donors (Lipinski definition) is 1. The van der Waals surface area contributed by atoms with Gasteiger partial charge in [-0.1, -0.05) is 30.3 Å². The minimum atomic E-state index is 0.152. The van der Waals surface area contributed by atoms with Gasteiger partial charge in [-0.25, -0.2) is 4.98 Å². The van der Waals surface area contributed by atoms with Crippen molar-refractivity contribution in [1.82, 2.24) is 10.3 Å². The molecule has 1 aliphatic rings. The van der Waals surface area contributed by atoms with E-state index in [2.05, 4.69) is 56.4 Å². The van der Waals surface area contributed by atoms with Crippen LogP contribution in [0.15, 0.2) is 30.3 Å². The van der Waals surface area contributed by atoms with Crippen molar-refractivity contribution in [2.24, 2.45) is 0 Å². The Morgan fingerprint density at radius 1 is 1.24 bits per heavy atom. The fraction of sp³-hybridized carbons (Fsp3) is 0.500. The number of rotatable bonds is 3. The van der Waals surface area contributed by atoms with Crippen molar-refractivity contribution in [3.05, 3.63) is 51.5 Å². The molecule has 1 aromatic heterocycles. The molecular weight excluding hydrogens is 276 g/mol. The Balaban J connectivity index is 1.70. The topological polar surface area (TPSA) is 24.9 Å². The summed E-state index contributed by atoms with van der Waals surface area (Å²) in [4.78, 5) is 6.34. The molecule has 1 atom stereocenters. The lowest BCUT2D eigenvalue weighted by Gasteiger charge is -2.21. The molecule has 2 nitrogen and oxygen atoms in total. The van der Waals surface area contributed by atoms with E-state index in [4.69, 9.17) is 4.98 Å². The molecule has 0 fully saturated rings. The average molecular weight is 300 g/mol. The van der Waals surface area contributed by atoms with Crippen molar-refractivity contribution in [3.63, 3.8) is 0 Å². The molecule has 1 heterocycles. The number of fused-ring (bicyclic) bond motifs is 1. The van der Waals surface area contributed by atoms with Gasteiger partial charge in [0.05, 0.1) is 5.69 Å². The first-order chi connectivity index (χ1) is 10.0. The third kappa shape index (κ3) is 3.72. The second-order valence-corrected chi connectivity index (χ2v) is 8.10. The minimum absolute atomic E-state index is 0.152. The Labute approximate surface area is 131 Å². The lowest BCUT2D eigenvalue weighted by Crippen LogP contribution is -2.35. The molecule has 1 aromatic carbocycles. The highest BCUT2D eigenvalue weighted by Crippen LogP contribution is 2.35. The predicted octanol–water partition coefficient (Wildman–Crippen LogP) is 4.30. The Kier molecular flexibility index (Phi) is 4.14. The fourth-order valence-corrected chi connectivity index (χ4v) is 3.99. The molecule has 0 saturated heterocycles. The summed E-state index contributed by atoms with van der Waals surface area (Å²) in [5, 5.41) is 4.78. The third-order valence-electron chi connectivity index (χ3n) is 4.02. The van der Waals surface area contributed by atoms with Crippen LogP contribution in [0.4, 0.5) is 0 Å². The molecule has 0 spiro atoms. The van der Waals surface area contributed by atoms with Crippen LogP contribution < -0.4 is 5.32 Å². The second kappa shape index (κ2) is 5.90. The van der Waals surface area contributed by atoms with Crippen LogP contribution in [0.5, 0.6) is 0 Å². The maximum atomic E-state index is 4.84. The number of nitrogens with zero attached hydrogens (tertiary/aromatic N) is 1. The van der Waals surface area contributed by atoms with Gasteiger partial charge in [-0.2, -0.15) is 0 Å². The average Bonchev–Trinajstić information content (AvgIpc) is 2.87. The lowest BCUT2D eigenvalue weighted by molar-refractivity contribution is 0.423. The highest BCUT2D eigenvalue weighted by Gasteiger charge is 2.23. The van der Waals surface area contributed by atoms with Gasteiger partial charge in [-0.05, 0) is 51.5 Å². The molecule has 0 bridgehead atoms. The molecule has 1 N–H and O–H groups in total. The van der Waals surface area contributed by atoms with E-state index in [1.54, 1.807) is 0 Å². The van der Waals surface area contributed by atoms with E-state index in [1.165, 1.54) is 27.6 Å². The van der Waals surface area contributed by atoms with Crippen molar-refractivity contribution in [2.45, 2.75) is 58.0 Å². The smallest absolute Gasteiger partial charge is 0.107 e. The molecular formula is C18H24N2S. The SMILES string of the molecule is CC(C)(C)NCc1nc2c(s1)CC(c1ccccc1)CC2. The molecule has 1 aliphatic carbocycles. The Morgan fingerprint density at radius 3 is 2.71 bits per heavy atom. The number of aryl methyl sites for hydroxylation is 1. The highest BCUT2D eigenvalue weighted by atomic mass is 32.1. The lowest BCUT2D eigenvalue weighted by atomic mass is 9.85.